The summed E-state index contributed by atoms with van der Waals surface area (Å²) in [6, 6.07) is 11.1. The van der Waals surface area contributed by atoms with Crippen LogP contribution in [0.25, 0.3) is 5.70 Å². The van der Waals surface area contributed by atoms with Crippen LogP contribution >= 0.6 is 27.3 Å². The first-order valence-corrected chi connectivity index (χ1v) is 8.13. The van der Waals surface area contributed by atoms with Crippen LogP contribution in [-0.4, -0.2) is 18.6 Å². The Morgan fingerprint density at radius 3 is 2.73 bits per heavy atom. The van der Waals surface area contributed by atoms with E-state index in [4.69, 9.17) is 9.47 Å². The lowest BCUT2D eigenvalue weighted by atomic mass is 10.2. The standard InChI is InChI=1S/C15H13BrN2O3S/c1-9(13-6-7-14(16)22-13)17-18-15(19)12-8-20-10-4-2-3-5-11(10)21-12/h2-7,12,17H,1,8H2,(H,18,19)/t12-/m1/s1. The second-order valence-corrected chi connectivity index (χ2v) is 7.02. The minimum atomic E-state index is -0.703. The number of nitrogens with one attached hydrogen (secondary N) is 2. The smallest absolute Gasteiger partial charge is 0.282 e. The van der Waals surface area contributed by atoms with Crippen molar-refractivity contribution in [2.24, 2.45) is 0 Å². The summed E-state index contributed by atoms with van der Waals surface area (Å²) in [5, 5.41) is 0. The van der Waals surface area contributed by atoms with Gasteiger partial charge in [0.2, 0.25) is 6.10 Å². The lowest BCUT2D eigenvalue weighted by Gasteiger charge is -2.25. The molecule has 7 heteroatoms. The molecule has 22 heavy (non-hydrogen) atoms. The zero-order chi connectivity index (χ0) is 15.5. The van der Waals surface area contributed by atoms with Gasteiger partial charge in [0, 0.05) is 0 Å². The molecule has 1 aliphatic rings. The number of carbonyl (C=O) groups excluding carboxylic acids is 1. The second kappa shape index (κ2) is 6.41. The molecule has 0 saturated heterocycles. The fourth-order valence-electron chi connectivity index (χ4n) is 1.90. The number of carbonyl (C=O) groups is 1. The van der Waals surface area contributed by atoms with E-state index in [1.54, 1.807) is 12.1 Å². The van der Waals surface area contributed by atoms with Gasteiger partial charge in [-0.25, -0.2) is 0 Å². The van der Waals surface area contributed by atoms with Crippen LogP contribution in [0.4, 0.5) is 0 Å². The van der Waals surface area contributed by atoms with Gasteiger partial charge in [-0.2, -0.15) is 0 Å². The summed E-state index contributed by atoms with van der Waals surface area (Å²) in [6.45, 7) is 4.05. The predicted octanol–water partition coefficient (Wildman–Crippen LogP) is 2.94. The highest BCUT2D eigenvalue weighted by molar-refractivity contribution is 9.11. The molecule has 0 unspecified atom stereocenters. The van der Waals surface area contributed by atoms with E-state index < -0.39 is 6.10 Å². The Bertz CT molecular complexity index is 716. The highest BCUT2D eigenvalue weighted by atomic mass is 79.9. The maximum atomic E-state index is 12.1. The molecule has 0 saturated carbocycles. The van der Waals surface area contributed by atoms with Gasteiger partial charge >= 0.3 is 0 Å². The summed E-state index contributed by atoms with van der Waals surface area (Å²) in [4.78, 5) is 13.1. The maximum absolute atomic E-state index is 12.1. The summed E-state index contributed by atoms with van der Waals surface area (Å²) in [5.41, 5.74) is 5.99. The average Bonchev–Trinajstić information content (AvgIpc) is 2.98. The first-order valence-electron chi connectivity index (χ1n) is 6.52. The molecule has 1 amide bonds. The van der Waals surface area contributed by atoms with E-state index in [0.717, 1.165) is 8.66 Å². The number of benzene rings is 1. The number of halogens is 1. The Morgan fingerprint density at radius 2 is 2.00 bits per heavy atom. The SMILES string of the molecule is C=C(NNC(=O)[C@H]1COc2ccccc2O1)c1ccc(Br)s1. The molecule has 114 valence electrons. The number of amides is 1. The van der Waals surface area contributed by atoms with Crippen molar-refractivity contribution in [2.75, 3.05) is 6.61 Å². The molecule has 1 aromatic carbocycles. The number of rotatable bonds is 4. The predicted molar refractivity (Wildman–Crippen MR) is 88.7 cm³/mol. The molecule has 3 rings (SSSR count). The van der Waals surface area contributed by atoms with Crippen LogP contribution < -0.4 is 20.3 Å². The Labute approximate surface area is 140 Å². The molecule has 5 nitrogen and oxygen atoms in total. The number of thiophene rings is 1. The molecule has 2 N–H and O–H groups in total. The van der Waals surface area contributed by atoms with Crippen molar-refractivity contribution in [3.63, 3.8) is 0 Å². The van der Waals surface area contributed by atoms with Crippen molar-refractivity contribution in [3.05, 3.63) is 51.6 Å². The summed E-state index contributed by atoms with van der Waals surface area (Å²) >= 11 is 4.91. The van der Waals surface area contributed by atoms with E-state index in [0.29, 0.717) is 17.2 Å². The summed E-state index contributed by atoms with van der Waals surface area (Å²) < 4.78 is 12.1. The quantitative estimate of drug-likeness (QED) is 0.800. The van der Waals surface area contributed by atoms with Gasteiger partial charge in [-0.15, -0.1) is 11.3 Å². The third-order valence-corrected chi connectivity index (χ3v) is 4.69. The first kappa shape index (κ1) is 14.9. The van der Waals surface area contributed by atoms with Crippen LogP contribution in [0, 0.1) is 0 Å². The van der Waals surface area contributed by atoms with Crippen molar-refractivity contribution in [2.45, 2.75) is 6.10 Å². The van der Waals surface area contributed by atoms with Crippen molar-refractivity contribution in [1.82, 2.24) is 10.9 Å². The van der Waals surface area contributed by atoms with Gasteiger partial charge in [-0.1, -0.05) is 18.7 Å². The molecule has 0 radical (unpaired) electrons. The zero-order valence-corrected chi connectivity index (χ0v) is 13.9. The Balaban J connectivity index is 1.56. The largest absolute Gasteiger partial charge is 0.485 e. The molecule has 2 aromatic rings. The van der Waals surface area contributed by atoms with Crippen LogP contribution in [0.1, 0.15) is 4.88 Å². The zero-order valence-electron chi connectivity index (χ0n) is 11.5. The third-order valence-electron chi connectivity index (χ3n) is 3.01. The van der Waals surface area contributed by atoms with Crippen LogP contribution in [0.15, 0.2) is 46.8 Å². The number of hydrogen-bond donors (Lipinski definition) is 2. The maximum Gasteiger partial charge on any atom is 0.282 e. The number of hydrogen-bond acceptors (Lipinski definition) is 5. The van der Waals surface area contributed by atoms with Gasteiger partial charge in [-0.3, -0.25) is 15.6 Å². The van der Waals surface area contributed by atoms with Crippen LogP contribution in [-0.2, 0) is 4.79 Å². The molecule has 0 spiro atoms. The Morgan fingerprint density at radius 1 is 1.23 bits per heavy atom. The average molecular weight is 381 g/mol. The molecule has 0 bridgehead atoms. The van der Waals surface area contributed by atoms with Crippen LogP contribution in [0.2, 0.25) is 0 Å². The highest BCUT2D eigenvalue weighted by Gasteiger charge is 2.27. The van der Waals surface area contributed by atoms with Crippen molar-refractivity contribution >= 4 is 38.9 Å². The van der Waals surface area contributed by atoms with Gasteiger partial charge in [-0.05, 0) is 40.2 Å². The molecule has 1 aromatic heterocycles. The molecule has 0 fully saturated rings. The van der Waals surface area contributed by atoms with Crippen LogP contribution in [0.5, 0.6) is 11.5 Å². The second-order valence-electron chi connectivity index (χ2n) is 4.56. The fraction of sp³-hybridized carbons (Fsp3) is 0.133. The lowest BCUT2D eigenvalue weighted by molar-refractivity contribution is -0.131. The molecular weight excluding hydrogens is 368 g/mol. The minimum absolute atomic E-state index is 0.168. The fourth-order valence-corrected chi connectivity index (χ4v) is 3.22. The van der Waals surface area contributed by atoms with Gasteiger partial charge in [0.25, 0.3) is 5.91 Å². The third kappa shape index (κ3) is 3.26. The normalized spacial score (nSPS) is 16.0. The molecule has 0 aliphatic carbocycles. The van der Waals surface area contributed by atoms with E-state index in [1.165, 1.54) is 11.3 Å². The summed E-state index contributed by atoms with van der Waals surface area (Å²) in [6.07, 6.45) is -0.703. The number of hydrazine groups is 1. The van der Waals surface area contributed by atoms with Gasteiger partial charge in [0.05, 0.1) is 14.4 Å². The minimum Gasteiger partial charge on any atom is -0.485 e. The number of fused-ring (bicyclic) bond motifs is 1. The molecule has 1 atom stereocenters. The van der Waals surface area contributed by atoms with Crippen molar-refractivity contribution in [3.8, 4) is 11.5 Å². The summed E-state index contributed by atoms with van der Waals surface area (Å²) in [7, 11) is 0. The number of para-hydroxylation sites is 2. The van der Waals surface area contributed by atoms with Gasteiger partial charge in [0.15, 0.2) is 11.5 Å². The van der Waals surface area contributed by atoms with E-state index in [1.807, 2.05) is 24.3 Å². The molecule has 1 aliphatic heterocycles. The van der Waals surface area contributed by atoms with E-state index in [9.17, 15) is 4.79 Å². The number of ether oxygens (including phenoxy) is 2. The monoisotopic (exact) mass is 380 g/mol. The van der Waals surface area contributed by atoms with Crippen molar-refractivity contribution in [1.29, 1.82) is 0 Å². The van der Waals surface area contributed by atoms with Crippen LogP contribution in [0.3, 0.4) is 0 Å². The topological polar surface area (TPSA) is 59.6 Å². The van der Waals surface area contributed by atoms with E-state index in [2.05, 4.69) is 33.4 Å². The first-order chi connectivity index (χ1) is 10.6. The van der Waals surface area contributed by atoms with Gasteiger partial charge < -0.3 is 9.47 Å². The molecule has 2 heterocycles. The lowest BCUT2D eigenvalue weighted by Crippen LogP contribution is -2.48. The Kier molecular flexibility index (Phi) is 4.35. The highest BCUT2D eigenvalue weighted by Crippen LogP contribution is 2.31. The van der Waals surface area contributed by atoms with E-state index in [-0.39, 0.29) is 12.5 Å². The van der Waals surface area contributed by atoms with Crippen molar-refractivity contribution < 1.29 is 14.3 Å². The molecular formula is C15H13BrN2O3S. The summed E-state index contributed by atoms with van der Waals surface area (Å²) in [5.74, 6) is 0.897. The Hall–Kier alpha value is -1.99. The van der Waals surface area contributed by atoms with Gasteiger partial charge in [0.1, 0.15) is 6.61 Å². The van der Waals surface area contributed by atoms with E-state index >= 15 is 0 Å².